The second kappa shape index (κ2) is 8.39. The fourth-order valence-electron chi connectivity index (χ4n) is 2.05. The fourth-order valence-corrected chi connectivity index (χ4v) is 2.64. The van der Waals surface area contributed by atoms with E-state index in [0.717, 1.165) is 29.7 Å². The molecule has 2 N–H and O–H groups in total. The fraction of sp³-hybridized carbons (Fsp3) is 0.562. The molecule has 0 radical (unpaired) electrons. The van der Waals surface area contributed by atoms with Crippen LogP contribution >= 0.6 is 15.9 Å². The Labute approximate surface area is 135 Å². The molecule has 0 aliphatic heterocycles. The second-order valence-electron chi connectivity index (χ2n) is 5.95. The zero-order chi connectivity index (χ0) is 15.9. The van der Waals surface area contributed by atoms with Gasteiger partial charge in [0.15, 0.2) is 0 Å². The summed E-state index contributed by atoms with van der Waals surface area (Å²) in [6.45, 7) is 5.89. The van der Waals surface area contributed by atoms with Crippen LogP contribution in [-0.4, -0.2) is 24.7 Å². The van der Waals surface area contributed by atoms with E-state index in [2.05, 4.69) is 35.1 Å². The zero-order valence-corrected chi connectivity index (χ0v) is 14.5. The van der Waals surface area contributed by atoms with E-state index in [-0.39, 0.29) is 11.8 Å². The summed E-state index contributed by atoms with van der Waals surface area (Å²) in [5.74, 6) is 0.104. The topological polar surface area (TPSA) is 58.6 Å². The number of hydrogen-bond acceptors (Lipinski definition) is 3. The van der Waals surface area contributed by atoms with Crippen LogP contribution in [0.2, 0.25) is 0 Å². The Morgan fingerprint density at radius 1 is 1.38 bits per heavy atom. The lowest BCUT2D eigenvalue weighted by Crippen LogP contribution is -2.23. The monoisotopic (exact) mass is 357 g/mol. The summed E-state index contributed by atoms with van der Waals surface area (Å²) in [6, 6.07) is 6.02. The minimum Gasteiger partial charge on any atom is -0.496 e. The predicted octanol–water partition coefficient (Wildman–Crippen LogP) is 3.83. The van der Waals surface area contributed by atoms with Crippen molar-refractivity contribution in [2.24, 2.45) is 5.41 Å². The van der Waals surface area contributed by atoms with Crippen molar-refractivity contribution in [1.29, 1.82) is 0 Å². The third kappa shape index (κ3) is 6.96. The molecule has 0 unspecified atom stereocenters. The van der Waals surface area contributed by atoms with Crippen molar-refractivity contribution in [1.82, 2.24) is 5.32 Å². The summed E-state index contributed by atoms with van der Waals surface area (Å²) < 4.78 is 6.15. The molecule has 0 saturated heterocycles. The number of hydrogen-bond donors (Lipinski definition) is 2. The van der Waals surface area contributed by atoms with Gasteiger partial charge in [0.05, 0.1) is 11.6 Å². The lowest BCUT2D eigenvalue weighted by molar-refractivity contribution is -0.137. The number of aliphatic carboxylic acids is 1. The first-order valence-corrected chi connectivity index (χ1v) is 7.88. The van der Waals surface area contributed by atoms with Crippen LogP contribution < -0.4 is 10.1 Å². The average molecular weight is 358 g/mol. The number of benzene rings is 1. The highest BCUT2D eigenvalue weighted by Crippen LogP contribution is 2.27. The van der Waals surface area contributed by atoms with E-state index < -0.39 is 5.97 Å². The summed E-state index contributed by atoms with van der Waals surface area (Å²) in [7, 11) is 1.65. The number of methoxy groups -OCH3 is 1. The van der Waals surface area contributed by atoms with E-state index in [0.29, 0.717) is 6.42 Å². The first-order chi connectivity index (χ1) is 9.84. The van der Waals surface area contributed by atoms with Gasteiger partial charge in [-0.05, 0) is 58.4 Å². The molecule has 0 fully saturated rings. The Bertz CT molecular complexity index is 475. The minimum absolute atomic E-state index is 0.0475. The molecule has 0 atom stereocenters. The number of halogens is 1. The van der Waals surface area contributed by atoms with Gasteiger partial charge in [-0.15, -0.1) is 0 Å². The summed E-state index contributed by atoms with van der Waals surface area (Å²) >= 11 is 3.47. The van der Waals surface area contributed by atoms with Gasteiger partial charge in [-0.1, -0.05) is 19.9 Å². The Morgan fingerprint density at radius 3 is 2.67 bits per heavy atom. The third-order valence-corrected chi connectivity index (χ3v) is 4.16. The number of ether oxygens (including phenoxy) is 1. The molecule has 0 bridgehead atoms. The van der Waals surface area contributed by atoms with Crippen LogP contribution in [0.4, 0.5) is 0 Å². The summed E-state index contributed by atoms with van der Waals surface area (Å²) in [5.41, 5.74) is 1.23. The van der Waals surface area contributed by atoms with E-state index in [1.807, 2.05) is 18.2 Å². The standard InChI is InChI=1S/C16H24BrNO3/c1-16(2,7-6-15(19)20)8-9-18-11-12-4-5-14(21-3)13(17)10-12/h4-5,10,18H,6-9,11H2,1-3H3,(H,19,20). The number of carboxylic acid groups (broad SMARTS) is 1. The first kappa shape index (κ1) is 18.0. The molecule has 0 aromatic heterocycles. The van der Waals surface area contributed by atoms with Crippen LogP contribution in [0.3, 0.4) is 0 Å². The van der Waals surface area contributed by atoms with Crippen molar-refractivity contribution in [2.75, 3.05) is 13.7 Å². The summed E-state index contributed by atoms with van der Waals surface area (Å²) in [6.07, 6.45) is 1.90. The Kier molecular flexibility index (Phi) is 7.18. The highest BCUT2D eigenvalue weighted by Gasteiger charge is 2.18. The lowest BCUT2D eigenvalue weighted by atomic mass is 9.84. The van der Waals surface area contributed by atoms with Crippen LogP contribution in [0.1, 0.15) is 38.7 Å². The SMILES string of the molecule is COc1ccc(CNCCC(C)(C)CCC(=O)O)cc1Br. The molecular weight excluding hydrogens is 334 g/mol. The molecule has 0 spiro atoms. The normalized spacial score (nSPS) is 11.4. The maximum atomic E-state index is 10.6. The molecule has 21 heavy (non-hydrogen) atoms. The van der Waals surface area contributed by atoms with Crippen molar-refractivity contribution < 1.29 is 14.6 Å². The van der Waals surface area contributed by atoms with Gasteiger partial charge in [0.2, 0.25) is 0 Å². The van der Waals surface area contributed by atoms with Gasteiger partial charge < -0.3 is 15.2 Å². The molecule has 1 aromatic rings. The number of nitrogens with one attached hydrogen (secondary N) is 1. The maximum Gasteiger partial charge on any atom is 0.303 e. The Morgan fingerprint density at radius 2 is 2.10 bits per heavy atom. The van der Waals surface area contributed by atoms with Gasteiger partial charge in [0, 0.05) is 13.0 Å². The van der Waals surface area contributed by atoms with Crippen LogP contribution in [-0.2, 0) is 11.3 Å². The molecule has 118 valence electrons. The van der Waals surface area contributed by atoms with Crippen molar-refractivity contribution in [3.8, 4) is 5.75 Å². The van der Waals surface area contributed by atoms with Gasteiger partial charge in [0.1, 0.15) is 5.75 Å². The van der Waals surface area contributed by atoms with Gasteiger partial charge in [-0.2, -0.15) is 0 Å². The Hall–Kier alpha value is -1.07. The third-order valence-electron chi connectivity index (χ3n) is 3.54. The van der Waals surface area contributed by atoms with Crippen LogP contribution in [0.15, 0.2) is 22.7 Å². The van der Waals surface area contributed by atoms with Crippen LogP contribution in [0.5, 0.6) is 5.75 Å². The van der Waals surface area contributed by atoms with Crippen molar-refractivity contribution in [3.05, 3.63) is 28.2 Å². The van der Waals surface area contributed by atoms with E-state index >= 15 is 0 Å². The molecule has 1 aromatic carbocycles. The number of carboxylic acids is 1. The molecule has 0 amide bonds. The lowest BCUT2D eigenvalue weighted by Gasteiger charge is -2.23. The zero-order valence-electron chi connectivity index (χ0n) is 12.9. The molecular formula is C16H24BrNO3. The van der Waals surface area contributed by atoms with E-state index in [9.17, 15) is 4.79 Å². The molecule has 4 nitrogen and oxygen atoms in total. The van der Waals surface area contributed by atoms with Gasteiger partial charge in [-0.25, -0.2) is 0 Å². The first-order valence-electron chi connectivity index (χ1n) is 7.09. The van der Waals surface area contributed by atoms with Crippen LogP contribution in [0, 0.1) is 5.41 Å². The minimum atomic E-state index is -0.723. The molecule has 0 aliphatic rings. The van der Waals surface area contributed by atoms with Crippen molar-refractivity contribution in [2.45, 2.75) is 39.7 Å². The number of carbonyl (C=O) groups is 1. The highest BCUT2D eigenvalue weighted by atomic mass is 79.9. The molecule has 0 saturated carbocycles. The number of rotatable bonds is 9. The van der Waals surface area contributed by atoms with Crippen LogP contribution in [0.25, 0.3) is 0 Å². The molecule has 1 rings (SSSR count). The maximum absolute atomic E-state index is 10.6. The van der Waals surface area contributed by atoms with E-state index in [1.165, 1.54) is 5.56 Å². The Balaban J connectivity index is 2.33. The van der Waals surface area contributed by atoms with E-state index in [4.69, 9.17) is 9.84 Å². The summed E-state index contributed by atoms with van der Waals surface area (Å²) in [5, 5.41) is 12.1. The highest BCUT2D eigenvalue weighted by molar-refractivity contribution is 9.10. The molecule has 5 heteroatoms. The van der Waals surface area contributed by atoms with E-state index in [1.54, 1.807) is 7.11 Å². The second-order valence-corrected chi connectivity index (χ2v) is 6.81. The van der Waals surface area contributed by atoms with Gasteiger partial charge >= 0.3 is 5.97 Å². The predicted molar refractivity (Wildman–Crippen MR) is 87.7 cm³/mol. The van der Waals surface area contributed by atoms with Crippen molar-refractivity contribution >= 4 is 21.9 Å². The average Bonchev–Trinajstić information content (AvgIpc) is 2.42. The van der Waals surface area contributed by atoms with Gasteiger partial charge in [-0.3, -0.25) is 4.79 Å². The quantitative estimate of drug-likeness (QED) is 0.659. The summed E-state index contributed by atoms with van der Waals surface area (Å²) in [4.78, 5) is 10.6. The molecule has 0 heterocycles. The van der Waals surface area contributed by atoms with Gasteiger partial charge in [0.25, 0.3) is 0 Å². The van der Waals surface area contributed by atoms with Crippen molar-refractivity contribution in [3.63, 3.8) is 0 Å². The largest absolute Gasteiger partial charge is 0.496 e. The smallest absolute Gasteiger partial charge is 0.303 e. The molecule has 0 aliphatic carbocycles.